The Morgan fingerprint density at radius 3 is 2.47 bits per heavy atom. The number of hydrogen-bond acceptors (Lipinski definition) is 6. The number of morpholine rings is 1. The molecular formula is C24H31N3O6S. The van der Waals surface area contributed by atoms with E-state index in [0.29, 0.717) is 50.5 Å². The molecule has 2 amide bonds. The van der Waals surface area contributed by atoms with Crippen LogP contribution in [0.1, 0.15) is 22.3 Å². The number of benzene rings is 2. The fraction of sp³-hybridized carbons (Fsp3) is 0.417. The second-order valence-electron chi connectivity index (χ2n) is 8.03. The van der Waals surface area contributed by atoms with Crippen molar-refractivity contribution < 1.29 is 27.5 Å². The van der Waals surface area contributed by atoms with Crippen LogP contribution in [0.15, 0.2) is 48.5 Å². The van der Waals surface area contributed by atoms with Crippen LogP contribution in [0.5, 0.6) is 5.75 Å². The zero-order valence-electron chi connectivity index (χ0n) is 19.5. The lowest BCUT2D eigenvalue weighted by molar-refractivity contribution is -0.119. The molecule has 2 aromatic carbocycles. The van der Waals surface area contributed by atoms with Crippen LogP contribution in [0.3, 0.4) is 0 Å². The highest BCUT2D eigenvalue weighted by Crippen LogP contribution is 2.19. The van der Waals surface area contributed by atoms with Gasteiger partial charge in [-0.1, -0.05) is 12.1 Å². The summed E-state index contributed by atoms with van der Waals surface area (Å²) < 4.78 is 36.2. The smallest absolute Gasteiger partial charge is 0.254 e. The number of aryl methyl sites for hydroxylation is 1. The Bertz CT molecular complexity index is 1080. The van der Waals surface area contributed by atoms with E-state index in [4.69, 9.17) is 9.47 Å². The molecule has 0 spiro atoms. The normalized spacial score (nSPS) is 13.9. The molecule has 1 N–H and O–H groups in total. The molecule has 0 bridgehead atoms. The van der Waals surface area contributed by atoms with Gasteiger partial charge in [0.15, 0.2) is 0 Å². The second-order valence-corrected chi connectivity index (χ2v) is 9.93. The Morgan fingerprint density at radius 1 is 1.12 bits per heavy atom. The highest BCUT2D eigenvalue weighted by molar-refractivity contribution is 7.92. The first-order valence-electron chi connectivity index (χ1n) is 11.1. The van der Waals surface area contributed by atoms with E-state index in [-0.39, 0.29) is 12.5 Å². The largest absolute Gasteiger partial charge is 0.497 e. The Balaban J connectivity index is 1.55. The standard InChI is InChI=1S/C24H31N3O6S/c1-32-22-7-3-5-19(17-22)6-4-12-25-23(28)18-27(34(2,30)31)21-10-8-20(9-11-21)24(29)26-13-15-33-16-14-26/h3,5,7-11,17H,4,6,12-16,18H2,1-2H3,(H,25,28). The van der Waals surface area contributed by atoms with E-state index in [1.165, 1.54) is 0 Å². The third kappa shape index (κ3) is 7.19. The van der Waals surface area contributed by atoms with Crippen molar-refractivity contribution in [2.75, 3.05) is 57.1 Å². The lowest BCUT2D eigenvalue weighted by Crippen LogP contribution is -2.41. The molecule has 0 atom stereocenters. The molecule has 0 aromatic heterocycles. The minimum atomic E-state index is -3.70. The number of rotatable bonds is 10. The van der Waals surface area contributed by atoms with Gasteiger partial charge in [-0.3, -0.25) is 13.9 Å². The maximum absolute atomic E-state index is 12.6. The third-order valence-corrected chi connectivity index (χ3v) is 6.63. The van der Waals surface area contributed by atoms with E-state index < -0.39 is 15.9 Å². The molecule has 0 aliphatic carbocycles. The van der Waals surface area contributed by atoms with Gasteiger partial charge in [0.05, 0.1) is 32.3 Å². The second kappa shape index (κ2) is 11.8. The van der Waals surface area contributed by atoms with Crippen LogP contribution in [-0.4, -0.2) is 77.9 Å². The average Bonchev–Trinajstić information content (AvgIpc) is 2.85. The molecule has 9 nitrogen and oxygen atoms in total. The molecule has 0 saturated carbocycles. The summed E-state index contributed by atoms with van der Waals surface area (Å²) in [6.07, 6.45) is 2.51. The number of nitrogens with zero attached hydrogens (tertiary/aromatic N) is 2. The molecule has 2 aromatic rings. The van der Waals surface area contributed by atoms with E-state index in [2.05, 4.69) is 5.32 Å². The lowest BCUT2D eigenvalue weighted by atomic mass is 10.1. The van der Waals surface area contributed by atoms with Gasteiger partial charge >= 0.3 is 0 Å². The Hall–Kier alpha value is -3.11. The summed E-state index contributed by atoms with van der Waals surface area (Å²) in [6, 6.07) is 14.0. The van der Waals surface area contributed by atoms with Gasteiger partial charge in [0.2, 0.25) is 15.9 Å². The van der Waals surface area contributed by atoms with Crippen molar-refractivity contribution in [3.05, 3.63) is 59.7 Å². The highest BCUT2D eigenvalue weighted by atomic mass is 32.2. The van der Waals surface area contributed by atoms with Crippen molar-refractivity contribution in [2.45, 2.75) is 12.8 Å². The van der Waals surface area contributed by atoms with Crippen molar-refractivity contribution >= 4 is 27.5 Å². The fourth-order valence-electron chi connectivity index (χ4n) is 3.65. The SMILES string of the molecule is COc1cccc(CCCNC(=O)CN(c2ccc(C(=O)N3CCOCC3)cc2)S(C)(=O)=O)c1. The van der Waals surface area contributed by atoms with Crippen LogP contribution in [0.4, 0.5) is 5.69 Å². The first-order chi connectivity index (χ1) is 16.3. The number of carbonyl (C=O) groups excluding carboxylic acids is 2. The molecule has 184 valence electrons. The first-order valence-corrected chi connectivity index (χ1v) is 13.0. The topological polar surface area (TPSA) is 105 Å². The van der Waals surface area contributed by atoms with Gasteiger partial charge in [-0.25, -0.2) is 8.42 Å². The number of sulfonamides is 1. The average molecular weight is 490 g/mol. The molecule has 1 heterocycles. The summed E-state index contributed by atoms with van der Waals surface area (Å²) in [5.41, 5.74) is 1.88. The van der Waals surface area contributed by atoms with Crippen LogP contribution in [0.2, 0.25) is 0 Å². The molecule has 3 rings (SSSR count). The summed E-state index contributed by atoms with van der Waals surface area (Å²) >= 11 is 0. The van der Waals surface area contributed by atoms with Crippen molar-refractivity contribution in [1.82, 2.24) is 10.2 Å². The van der Waals surface area contributed by atoms with Crippen molar-refractivity contribution in [3.63, 3.8) is 0 Å². The molecule has 34 heavy (non-hydrogen) atoms. The lowest BCUT2D eigenvalue weighted by Gasteiger charge is -2.27. The van der Waals surface area contributed by atoms with Gasteiger partial charge in [0, 0.05) is 25.2 Å². The highest BCUT2D eigenvalue weighted by Gasteiger charge is 2.22. The Kier molecular flexibility index (Phi) is 8.89. The molecule has 1 fully saturated rings. The zero-order valence-corrected chi connectivity index (χ0v) is 20.3. The summed E-state index contributed by atoms with van der Waals surface area (Å²) in [7, 11) is -2.09. The number of nitrogens with one attached hydrogen (secondary N) is 1. The van der Waals surface area contributed by atoms with Crippen molar-refractivity contribution in [1.29, 1.82) is 0 Å². The van der Waals surface area contributed by atoms with Gasteiger partial charge in [0.25, 0.3) is 5.91 Å². The van der Waals surface area contributed by atoms with Crippen LogP contribution in [-0.2, 0) is 26.0 Å². The summed E-state index contributed by atoms with van der Waals surface area (Å²) in [4.78, 5) is 26.8. The van der Waals surface area contributed by atoms with Gasteiger partial charge < -0.3 is 19.7 Å². The van der Waals surface area contributed by atoms with E-state index in [1.54, 1.807) is 36.3 Å². The summed E-state index contributed by atoms with van der Waals surface area (Å²) in [6.45, 7) is 2.12. The van der Waals surface area contributed by atoms with Crippen molar-refractivity contribution in [2.24, 2.45) is 0 Å². The maximum Gasteiger partial charge on any atom is 0.254 e. The summed E-state index contributed by atoms with van der Waals surface area (Å²) in [5, 5.41) is 2.78. The van der Waals surface area contributed by atoms with Crippen LogP contribution < -0.4 is 14.4 Å². The number of amides is 2. The van der Waals surface area contributed by atoms with Crippen LogP contribution >= 0.6 is 0 Å². The predicted molar refractivity (Wildman–Crippen MR) is 130 cm³/mol. The number of methoxy groups -OCH3 is 1. The van der Waals surface area contributed by atoms with E-state index in [9.17, 15) is 18.0 Å². The fourth-order valence-corrected chi connectivity index (χ4v) is 4.51. The zero-order chi connectivity index (χ0) is 24.6. The molecule has 0 radical (unpaired) electrons. The van der Waals surface area contributed by atoms with Crippen molar-refractivity contribution in [3.8, 4) is 5.75 Å². The molecule has 1 aliphatic rings. The third-order valence-electron chi connectivity index (χ3n) is 5.49. The Labute approximate surface area is 200 Å². The van der Waals surface area contributed by atoms with E-state index in [0.717, 1.165) is 28.3 Å². The number of anilines is 1. The van der Waals surface area contributed by atoms with E-state index in [1.807, 2.05) is 24.3 Å². The number of ether oxygens (including phenoxy) is 2. The molecule has 10 heteroatoms. The van der Waals surface area contributed by atoms with Gasteiger partial charge in [-0.2, -0.15) is 0 Å². The van der Waals surface area contributed by atoms with Crippen LogP contribution in [0.25, 0.3) is 0 Å². The van der Waals surface area contributed by atoms with Crippen LogP contribution in [0, 0.1) is 0 Å². The van der Waals surface area contributed by atoms with Gasteiger partial charge in [-0.05, 0) is 54.8 Å². The quantitative estimate of drug-likeness (QED) is 0.509. The maximum atomic E-state index is 12.6. The number of hydrogen-bond donors (Lipinski definition) is 1. The first kappa shape index (κ1) is 25.5. The minimum absolute atomic E-state index is 0.130. The van der Waals surface area contributed by atoms with Gasteiger partial charge in [0.1, 0.15) is 12.3 Å². The van der Waals surface area contributed by atoms with Gasteiger partial charge in [-0.15, -0.1) is 0 Å². The molecule has 1 saturated heterocycles. The molecular weight excluding hydrogens is 458 g/mol. The minimum Gasteiger partial charge on any atom is -0.497 e. The summed E-state index contributed by atoms with van der Waals surface area (Å²) in [5.74, 6) is 0.252. The van der Waals surface area contributed by atoms with E-state index >= 15 is 0 Å². The Morgan fingerprint density at radius 2 is 1.82 bits per heavy atom. The molecule has 1 aliphatic heterocycles. The number of carbonyl (C=O) groups is 2. The molecule has 0 unspecified atom stereocenters. The monoisotopic (exact) mass is 489 g/mol. The predicted octanol–water partition coefficient (Wildman–Crippen LogP) is 1.68.